The van der Waals surface area contributed by atoms with Crippen molar-refractivity contribution in [1.82, 2.24) is 45.0 Å². The molecule has 5 heterocycles. The molecule has 0 aliphatic carbocycles. The monoisotopic (exact) mass is 2160 g/mol. The predicted molar refractivity (Wildman–Crippen MR) is 545 cm³/mol. The lowest BCUT2D eigenvalue weighted by atomic mass is 9.87. The van der Waals surface area contributed by atoms with Crippen LogP contribution in [0.4, 0.5) is 64.2 Å². The minimum absolute atomic E-state index is 0.126. The zero-order valence-electron chi connectivity index (χ0n) is 83.8. The van der Waals surface area contributed by atoms with Gasteiger partial charge in [-0.05, 0) is 191 Å². The number of alkyl halides is 12. The summed E-state index contributed by atoms with van der Waals surface area (Å²) in [5, 5.41) is 55.2. The molecule has 0 spiro atoms. The fourth-order valence-electron chi connectivity index (χ4n) is 18.6. The Morgan fingerprint density at radius 2 is 0.662 bits per heavy atom. The lowest BCUT2D eigenvalue weighted by Crippen LogP contribution is -2.57. The van der Waals surface area contributed by atoms with Crippen molar-refractivity contribution < 1.29 is 116 Å². The lowest BCUT2D eigenvalue weighted by molar-refractivity contribution is -0.263. The van der Waals surface area contributed by atoms with Gasteiger partial charge in [0.05, 0.1) is 44.4 Å². The van der Waals surface area contributed by atoms with Gasteiger partial charge in [-0.2, -0.15) is 52.7 Å². The zero-order valence-corrected chi connectivity index (χ0v) is 86.8. The van der Waals surface area contributed by atoms with Crippen LogP contribution in [-0.2, 0) is 54.4 Å². The number of hydrogen-bond acceptors (Lipinski definition) is 16. The fraction of sp³-hybridized carbons (Fsp3) is 0.491. The van der Waals surface area contributed by atoms with Gasteiger partial charge in [0.1, 0.15) is 16.7 Å². The highest BCUT2D eigenvalue weighted by molar-refractivity contribution is 6.35. The van der Waals surface area contributed by atoms with E-state index < -0.39 is 93.0 Å². The molecule has 4 saturated heterocycles. The van der Waals surface area contributed by atoms with Crippen LogP contribution >= 0.6 is 46.4 Å². The molecule has 8 N–H and O–H groups in total. The van der Waals surface area contributed by atoms with Gasteiger partial charge in [0.25, 0.3) is 69.7 Å². The highest BCUT2D eigenvalue weighted by Crippen LogP contribution is 2.47. The number of nitrogens with one attached hydrogen (secondary N) is 4. The van der Waals surface area contributed by atoms with Crippen molar-refractivity contribution in [2.45, 2.75) is 201 Å². The molecule has 1 aromatic heterocycles. The number of unbranched alkanes of at least 4 members (excludes halogenated alkanes) is 6. The molecule has 4 aliphatic heterocycles. The summed E-state index contributed by atoms with van der Waals surface area (Å²) in [5.41, 5.74) is -11.6. The highest BCUT2D eigenvalue weighted by Gasteiger charge is 2.66. The van der Waals surface area contributed by atoms with Crippen molar-refractivity contribution >= 4 is 105 Å². The van der Waals surface area contributed by atoms with E-state index in [0.29, 0.717) is 131 Å². The van der Waals surface area contributed by atoms with Gasteiger partial charge in [0, 0.05) is 136 Å². The third-order valence-electron chi connectivity index (χ3n) is 27.5. The Morgan fingerprint density at radius 1 is 0.358 bits per heavy atom. The number of amides is 8. The second-order valence-corrected chi connectivity index (χ2v) is 39.6. The van der Waals surface area contributed by atoms with Crippen molar-refractivity contribution in [3.8, 4) is 5.75 Å². The van der Waals surface area contributed by atoms with E-state index in [1.54, 1.807) is 78.7 Å². The van der Waals surface area contributed by atoms with Crippen LogP contribution < -0.4 is 26.0 Å². The molecule has 4 atom stereocenters. The fourth-order valence-corrected chi connectivity index (χ4v) is 19.7. The van der Waals surface area contributed by atoms with Crippen LogP contribution in [0, 0.1) is 23.7 Å². The number of aryl methyl sites for hydroxylation is 2. The quantitative estimate of drug-likeness (QED) is 0.0102. The van der Waals surface area contributed by atoms with Gasteiger partial charge in [-0.3, -0.25) is 38.4 Å². The first kappa shape index (κ1) is 121. The average molecular weight is 2160 g/mol. The van der Waals surface area contributed by atoms with Gasteiger partial charge in [-0.1, -0.05) is 226 Å². The minimum Gasteiger partial charge on any atom is -0.497 e. The Labute approximate surface area is 875 Å². The SMILES string of the molecule is CN(C)C(=O)c1ccc(NCCCCC2CCN(C(=O)C(O)(c3ccccc3)C(F)(F)F)CC2)nc1Cl.CN(C)C(=O)c1ccc(NCCCCC2CCN(C(=O)[C@@](O)(c3ccccc3)C(F)(F)F)CC2)cc1Cl.CNC(=O)c1ccc(CCCCCC2CCN(C(=O)C(O)(c3cccc(OC)c3)C(F)(F)F)CC2)cc1Cl.CNC(=O)c1ccc(CCCCCC2CCN(C(=O)[C@](O)(c3ccccc3)C(F)(F)F)CC2)cc1Cl. The van der Waals surface area contributed by atoms with Crippen molar-refractivity contribution in [3.63, 3.8) is 0 Å². The number of rotatable bonds is 37. The Hall–Kier alpha value is -11.0. The molecule has 808 valence electrons. The average Bonchev–Trinajstić information content (AvgIpc) is 0.764. The maximum absolute atomic E-state index is 14.0. The molecule has 0 bridgehead atoms. The number of halogens is 16. The van der Waals surface area contributed by atoms with E-state index >= 15 is 0 Å². The zero-order chi connectivity index (χ0) is 109. The van der Waals surface area contributed by atoms with E-state index in [9.17, 15) is 111 Å². The standard InChI is InChI=1S/C28H34ClF3N2O4.C27H33ClF3N3O3.C27H32ClF3N2O3.C26H32ClF3N4O3/c1-33-25(35)23-12-11-20(17-24(23)29)8-5-3-4-7-19-13-15-34(16-14-19)26(36)27(37,28(30,31)32)21-9-6-10-22(18-21)38-2;1-33(2)24(35)22-12-11-21(18-23(22)28)32-15-7-6-8-19-13-16-34(17-14-19)25(36)26(37,27(29,30)31)20-9-4-3-5-10-20;1-32-24(34)22-13-12-20(18-23(22)28)9-5-2-4-8-19-14-16-33(17-15-19)25(35)26(36,27(29,30)31)21-10-6-3-7-11-21;1-33(2)23(35)20-11-12-21(32-22(20)27)31-15-7-6-8-18-13-16-34(17-14-18)24(36)25(37,26(28,29)30)19-9-4-3-5-10-19/h6,9-12,17-19,37H,3-5,7-8,13-16H2,1-2H3,(H,33,35);3-5,9-12,18-19,32,37H,6-8,13-17H2,1-2H3;3,6-7,10-13,18-19,36H,2,4-5,8-9,14-17H2,1H3,(H,32,34);3-5,9-12,18,37H,6-8,13-17H2,1-2H3,(H,31,32)/t;2*26-;/m.01./s1. The van der Waals surface area contributed by atoms with E-state index in [0.717, 1.165) is 188 Å². The molecule has 4 aliphatic rings. The first-order valence-electron chi connectivity index (χ1n) is 49.5. The topological polar surface area (TPSA) is 307 Å². The maximum atomic E-state index is 14.0. The van der Waals surface area contributed by atoms with E-state index in [1.165, 1.54) is 83.6 Å². The lowest BCUT2D eigenvalue weighted by Gasteiger charge is -2.38. The summed E-state index contributed by atoms with van der Waals surface area (Å²) in [4.78, 5) is 111. The van der Waals surface area contributed by atoms with Crippen LogP contribution in [0.15, 0.2) is 182 Å². The molecule has 4 fully saturated rings. The number of methoxy groups -OCH3 is 1. The smallest absolute Gasteiger partial charge is 0.430 e. The van der Waals surface area contributed by atoms with Crippen molar-refractivity contribution in [3.05, 3.63) is 258 Å². The summed E-state index contributed by atoms with van der Waals surface area (Å²) in [6, 6.07) is 43.9. The Kier molecular flexibility index (Phi) is 44.9. The van der Waals surface area contributed by atoms with Crippen LogP contribution in [0.2, 0.25) is 20.2 Å². The number of piperidine rings is 4. The number of anilines is 2. The Morgan fingerprint density at radius 3 is 0.973 bits per heavy atom. The molecule has 148 heavy (non-hydrogen) atoms. The van der Waals surface area contributed by atoms with Crippen LogP contribution in [0.5, 0.6) is 5.75 Å². The van der Waals surface area contributed by atoms with Crippen molar-refractivity contribution in [2.24, 2.45) is 23.7 Å². The van der Waals surface area contributed by atoms with Gasteiger partial charge in [-0.15, -0.1) is 0 Å². The molecule has 0 saturated carbocycles. The summed E-state index contributed by atoms with van der Waals surface area (Å²) in [6.45, 7) is 2.81. The molecule has 2 unspecified atom stereocenters. The third kappa shape index (κ3) is 31.6. The Bertz CT molecular complexity index is 5510. The van der Waals surface area contributed by atoms with E-state index in [4.69, 9.17) is 51.1 Å². The highest BCUT2D eigenvalue weighted by atomic mass is 35.5. The second kappa shape index (κ2) is 55.2. The summed E-state index contributed by atoms with van der Waals surface area (Å²) in [5.74, 6) is -4.16. The molecule has 7 aromatic carbocycles. The van der Waals surface area contributed by atoms with Crippen LogP contribution in [0.1, 0.15) is 216 Å². The van der Waals surface area contributed by atoms with Gasteiger partial charge < -0.3 is 75.8 Å². The number of hydrogen-bond donors (Lipinski definition) is 8. The largest absolute Gasteiger partial charge is 0.497 e. The molecular formula is C108H131Cl4F12N11O13. The summed E-state index contributed by atoms with van der Waals surface area (Å²) >= 11 is 24.8. The molecule has 8 aromatic rings. The summed E-state index contributed by atoms with van der Waals surface area (Å²) in [7, 11) is 11.0. The van der Waals surface area contributed by atoms with E-state index in [2.05, 4.69) is 26.3 Å². The van der Waals surface area contributed by atoms with Gasteiger partial charge >= 0.3 is 24.7 Å². The number of ether oxygens (including phenoxy) is 1. The molecular weight excluding hydrogens is 2030 g/mol. The maximum Gasteiger partial charge on any atom is 0.430 e. The summed E-state index contributed by atoms with van der Waals surface area (Å²) < 4.78 is 171. The number of benzene rings is 7. The van der Waals surface area contributed by atoms with Gasteiger partial charge in [0.15, 0.2) is 0 Å². The van der Waals surface area contributed by atoms with Gasteiger partial charge in [0.2, 0.25) is 0 Å². The number of nitrogens with zero attached hydrogens (tertiary/aromatic N) is 7. The number of carbonyl (C=O) groups excluding carboxylic acids is 8. The van der Waals surface area contributed by atoms with Gasteiger partial charge in [-0.25, -0.2) is 4.98 Å². The first-order valence-corrected chi connectivity index (χ1v) is 51.0. The number of aliphatic hydroxyl groups is 4. The van der Waals surface area contributed by atoms with Crippen LogP contribution in [0.3, 0.4) is 0 Å². The van der Waals surface area contributed by atoms with Crippen LogP contribution in [-0.4, -0.2) is 242 Å². The molecule has 24 nitrogen and oxygen atoms in total. The summed E-state index contributed by atoms with van der Waals surface area (Å²) in [6.07, 6.45) is -1.03. The van der Waals surface area contributed by atoms with E-state index in [1.807, 2.05) is 30.3 Å². The number of aromatic nitrogens is 1. The Balaban J connectivity index is 0.000000219. The molecule has 12 rings (SSSR count). The number of pyridine rings is 1. The van der Waals surface area contributed by atoms with Crippen molar-refractivity contribution in [1.29, 1.82) is 0 Å². The molecule has 8 amide bonds. The molecule has 40 heteroatoms. The third-order valence-corrected chi connectivity index (χ3v) is 28.7. The normalized spacial score (nSPS) is 16.3. The predicted octanol–water partition coefficient (Wildman–Crippen LogP) is 21.0. The first-order chi connectivity index (χ1) is 70.0. The van der Waals surface area contributed by atoms with E-state index in [-0.39, 0.29) is 86.9 Å². The number of likely N-dealkylation sites (tertiary alicyclic amines) is 4. The van der Waals surface area contributed by atoms with Crippen LogP contribution in [0.25, 0.3) is 0 Å². The van der Waals surface area contributed by atoms with Crippen molar-refractivity contribution in [2.75, 3.05) is 125 Å². The minimum atomic E-state index is -5.18. The number of carbonyl (C=O) groups is 8. The second-order valence-electron chi connectivity index (χ2n) is 38.1. The molecule has 0 radical (unpaired) electrons.